The van der Waals surface area contributed by atoms with Gasteiger partial charge >= 0.3 is 0 Å². The Bertz CT molecular complexity index is 489. The molecule has 1 aromatic carbocycles. The third-order valence-corrected chi connectivity index (χ3v) is 4.01. The summed E-state index contributed by atoms with van der Waals surface area (Å²) in [5.41, 5.74) is 7.03. The van der Waals surface area contributed by atoms with Gasteiger partial charge in [-0.3, -0.25) is 9.59 Å². The molecule has 0 aromatic heterocycles. The van der Waals surface area contributed by atoms with Crippen molar-refractivity contribution >= 4 is 24.2 Å². The van der Waals surface area contributed by atoms with Crippen LogP contribution in [0.15, 0.2) is 30.3 Å². The van der Waals surface area contributed by atoms with Crippen molar-refractivity contribution in [2.75, 3.05) is 19.6 Å². The number of carbonyl (C=O) groups excluding carboxylic acids is 2. The van der Waals surface area contributed by atoms with Crippen molar-refractivity contribution in [2.45, 2.75) is 25.8 Å². The summed E-state index contributed by atoms with van der Waals surface area (Å²) in [5.74, 6) is -0.570. The number of halogens is 1. The van der Waals surface area contributed by atoms with Crippen molar-refractivity contribution in [3.63, 3.8) is 0 Å². The lowest BCUT2D eigenvalue weighted by Crippen LogP contribution is -2.42. The predicted molar refractivity (Wildman–Crippen MR) is 88.6 cm³/mol. The molecule has 22 heavy (non-hydrogen) atoms. The van der Waals surface area contributed by atoms with E-state index in [9.17, 15) is 9.59 Å². The van der Waals surface area contributed by atoms with Crippen LogP contribution < -0.4 is 11.1 Å². The summed E-state index contributed by atoms with van der Waals surface area (Å²) in [6.45, 7) is 3.44. The van der Waals surface area contributed by atoms with E-state index >= 15 is 0 Å². The number of rotatable bonds is 5. The quantitative estimate of drug-likeness (QED) is 0.861. The van der Waals surface area contributed by atoms with Crippen molar-refractivity contribution in [1.29, 1.82) is 0 Å². The molecule has 1 fully saturated rings. The number of hydrogen-bond acceptors (Lipinski definition) is 3. The van der Waals surface area contributed by atoms with E-state index in [1.54, 1.807) is 11.8 Å². The summed E-state index contributed by atoms with van der Waals surface area (Å²) in [4.78, 5) is 25.8. The molecule has 3 N–H and O–H groups in total. The Labute approximate surface area is 137 Å². The highest BCUT2D eigenvalue weighted by Gasteiger charge is 2.24. The van der Waals surface area contributed by atoms with E-state index in [-0.39, 0.29) is 42.7 Å². The second-order valence-corrected chi connectivity index (χ2v) is 5.53. The molecule has 2 amide bonds. The van der Waals surface area contributed by atoms with E-state index in [0.29, 0.717) is 0 Å². The summed E-state index contributed by atoms with van der Waals surface area (Å²) >= 11 is 0. The zero-order chi connectivity index (χ0) is 15.2. The van der Waals surface area contributed by atoms with Gasteiger partial charge in [0, 0.05) is 19.1 Å². The van der Waals surface area contributed by atoms with Gasteiger partial charge in [0.25, 0.3) is 0 Å². The van der Waals surface area contributed by atoms with E-state index in [1.165, 1.54) is 0 Å². The standard InChI is InChI=1S/C16H23N3O2.ClH/c1-12(15(17)13-7-3-2-4-8-13)16(21)18-11-14(20)19-9-5-6-10-19;/h2-4,7-8,12,15H,5-6,9-11,17H2,1H3,(H,18,21);1H. The number of nitrogens with zero attached hydrogens (tertiary/aromatic N) is 1. The van der Waals surface area contributed by atoms with Crippen LogP contribution in [0.3, 0.4) is 0 Å². The maximum Gasteiger partial charge on any atom is 0.241 e. The number of benzene rings is 1. The van der Waals surface area contributed by atoms with Gasteiger partial charge in [0.05, 0.1) is 12.5 Å². The van der Waals surface area contributed by atoms with Gasteiger partial charge in [-0.25, -0.2) is 0 Å². The van der Waals surface area contributed by atoms with Crippen LogP contribution in [0, 0.1) is 5.92 Å². The zero-order valence-electron chi connectivity index (χ0n) is 12.8. The number of carbonyl (C=O) groups is 2. The lowest BCUT2D eigenvalue weighted by molar-refractivity contribution is -0.133. The minimum absolute atomic E-state index is 0. The van der Waals surface area contributed by atoms with Crippen LogP contribution in [-0.2, 0) is 9.59 Å². The largest absolute Gasteiger partial charge is 0.347 e. The van der Waals surface area contributed by atoms with E-state index in [4.69, 9.17) is 5.73 Å². The van der Waals surface area contributed by atoms with Crippen LogP contribution in [0.1, 0.15) is 31.4 Å². The minimum atomic E-state index is -0.376. The average molecular weight is 326 g/mol. The Hall–Kier alpha value is -1.59. The molecule has 1 heterocycles. The Morgan fingerprint density at radius 3 is 2.41 bits per heavy atom. The molecule has 1 aromatic rings. The fraction of sp³-hybridized carbons (Fsp3) is 0.500. The van der Waals surface area contributed by atoms with Crippen molar-refractivity contribution < 1.29 is 9.59 Å². The highest BCUT2D eigenvalue weighted by atomic mass is 35.5. The molecule has 0 radical (unpaired) electrons. The van der Waals surface area contributed by atoms with Gasteiger partial charge in [-0.2, -0.15) is 0 Å². The molecule has 0 saturated carbocycles. The molecular formula is C16H24ClN3O2. The summed E-state index contributed by atoms with van der Waals surface area (Å²) in [5, 5.41) is 2.70. The lowest BCUT2D eigenvalue weighted by atomic mass is 9.95. The van der Waals surface area contributed by atoms with Crippen LogP contribution in [0.25, 0.3) is 0 Å². The SMILES string of the molecule is CC(C(=O)NCC(=O)N1CCCC1)C(N)c1ccccc1.Cl. The molecule has 1 aliphatic heterocycles. The third-order valence-electron chi connectivity index (χ3n) is 4.01. The van der Waals surface area contributed by atoms with Gasteiger partial charge in [-0.15, -0.1) is 12.4 Å². The second kappa shape index (κ2) is 8.76. The Kier molecular flexibility index (Phi) is 7.35. The maximum absolute atomic E-state index is 12.1. The normalized spacial score (nSPS) is 16.5. The topological polar surface area (TPSA) is 75.4 Å². The molecule has 5 nitrogen and oxygen atoms in total. The fourth-order valence-electron chi connectivity index (χ4n) is 2.53. The fourth-order valence-corrected chi connectivity index (χ4v) is 2.53. The number of hydrogen-bond donors (Lipinski definition) is 2. The second-order valence-electron chi connectivity index (χ2n) is 5.53. The monoisotopic (exact) mass is 325 g/mol. The van der Waals surface area contributed by atoms with Crippen LogP contribution in [0.4, 0.5) is 0 Å². The minimum Gasteiger partial charge on any atom is -0.347 e. The third kappa shape index (κ3) is 4.71. The molecule has 1 aliphatic rings. The molecule has 6 heteroatoms. The summed E-state index contributed by atoms with van der Waals surface area (Å²) < 4.78 is 0. The summed E-state index contributed by atoms with van der Waals surface area (Å²) in [6, 6.07) is 9.16. The average Bonchev–Trinajstić information content (AvgIpc) is 3.06. The van der Waals surface area contributed by atoms with E-state index < -0.39 is 0 Å². The Morgan fingerprint density at radius 1 is 1.23 bits per heavy atom. The van der Waals surface area contributed by atoms with E-state index in [1.807, 2.05) is 30.3 Å². The van der Waals surface area contributed by atoms with Crippen molar-refractivity contribution in [3.8, 4) is 0 Å². The molecular weight excluding hydrogens is 302 g/mol. The van der Waals surface area contributed by atoms with Crippen LogP contribution >= 0.6 is 12.4 Å². The van der Waals surface area contributed by atoms with E-state index in [0.717, 1.165) is 31.5 Å². The molecule has 2 atom stereocenters. The number of amides is 2. The predicted octanol–water partition coefficient (Wildman–Crippen LogP) is 1.48. The Balaban J connectivity index is 0.00000242. The summed E-state index contributed by atoms with van der Waals surface area (Å²) in [6.07, 6.45) is 2.10. The molecule has 0 spiro atoms. The van der Waals surface area contributed by atoms with Gasteiger partial charge in [0.15, 0.2) is 0 Å². The highest BCUT2D eigenvalue weighted by molar-refractivity contribution is 5.86. The highest BCUT2D eigenvalue weighted by Crippen LogP contribution is 2.19. The van der Waals surface area contributed by atoms with Gasteiger partial charge in [-0.1, -0.05) is 37.3 Å². The molecule has 122 valence electrons. The van der Waals surface area contributed by atoms with Gasteiger partial charge in [0.2, 0.25) is 11.8 Å². The first-order valence-electron chi connectivity index (χ1n) is 7.45. The first-order valence-corrected chi connectivity index (χ1v) is 7.45. The van der Waals surface area contributed by atoms with Gasteiger partial charge in [0.1, 0.15) is 0 Å². The Morgan fingerprint density at radius 2 is 1.82 bits per heavy atom. The van der Waals surface area contributed by atoms with E-state index in [2.05, 4.69) is 5.32 Å². The van der Waals surface area contributed by atoms with Crippen molar-refractivity contribution in [1.82, 2.24) is 10.2 Å². The van der Waals surface area contributed by atoms with Crippen molar-refractivity contribution in [2.24, 2.45) is 11.7 Å². The smallest absolute Gasteiger partial charge is 0.241 e. The number of nitrogens with two attached hydrogens (primary N) is 1. The van der Waals surface area contributed by atoms with Crippen LogP contribution in [-0.4, -0.2) is 36.3 Å². The van der Waals surface area contributed by atoms with Gasteiger partial charge < -0.3 is 16.0 Å². The van der Waals surface area contributed by atoms with Crippen LogP contribution in [0.5, 0.6) is 0 Å². The number of likely N-dealkylation sites (tertiary alicyclic amines) is 1. The lowest BCUT2D eigenvalue weighted by Gasteiger charge is -2.21. The van der Waals surface area contributed by atoms with Crippen molar-refractivity contribution in [3.05, 3.63) is 35.9 Å². The van der Waals surface area contributed by atoms with Gasteiger partial charge in [-0.05, 0) is 18.4 Å². The first-order chi connectivity index (χ1) is 10.1. The zero-order valence-corrected chi connectivity index (χ0v) is 13.6. The molecule has 2 unspecified atom stereocenters. The summed E-state index contributed by atoms with van der Waals surface area (Å²) in [7, 11) is 0. The number of nitrogens with one attached hydrogen (secondary N) is 1. The first kappa shape index (κ1) is 18.5. The molecule has 0 bridgehead atoms. The molecule has 2 rings (SSSR count). The van der Waals surface area contributed by atoms with Crippen LogP contribution in [0.2, 0.25) is 0 Å². The molecule has 0 aliphatic carbocycles. The maximum atomic E-state index is 12.1. The molecule has 1 saturated heterocycles.